The van der Waals surface area contributed by atoms with Crippen LogP contribution in [0.25, 0.3) is 55.9 Å². The smallest absolute Gasteiger partial charge is 0.177 e. The SMILES string of the molecule is c1cnc2cc(-c3cnc4cc(-c5cnc6nc[nH]c6c5)[nH]c4c3)oc2c1. The molecule has 0 fully saturated rings. The molecule has 6 aromatic rings. The number of nitrogens with one attached hydrogen (secondary N) is 2. The van der Waals surface area contributed by atoms with Crippen molar-refractivity contribution in [3.8, 4) is 22.6 Å². The van der Waals surface area contributed by atoms with Crippen LogP contribution in [0.15, 0.2) is 65.7 Å². The molecule has 7 heteroatoms. The minimum atomic E-state index is 0.703. The Bertz CT molecular complexity index is 1410. The molecular weight excluding hydrogens is 340 g/mol. The van der Waals surface area contributed by atoms with Gasteiger partial charge in [0.05, 0.1) is 22.9 Å². The standard InChI is InChI=1S/C20H12N6O/c1-2-18-16(21-3-1)7-19(27-18)12-5-15-14(22-9-12)6-13(26-15)11-4-17-20(23-8-11)25-10-24-17/h1-10,26H,(H,23,24,25). The Morgan fingerprint density at radius 3 is 2.70 bits per heavy atom. The Kier molecular flexibility index (Phi) is 2.76. The number of furan rings is 1. The van der Waals surface area contributed by atoms with E-state index < -0.39 is 0 Å². The van der Waals surface area contributed by atoms with Crippen molar-refractivity contribution in [1.29, 1.82) is 0 Å². The molecule has 2 N–H and O–H groups in total. The predicted octanol–water partition coefficient (Wildman–Crippen LogP) is 4.31. The van der Waals surface area contributed by atoms with Crippen LogP contribution in [0.3, 0.4) is 0 Å². The molecule has 0 aliphatic carbocycles. The lowest BCUT2D eigenvalue weighted by atomic mass is 10.2. The summed E-state index contributed by atoms with van der Waals surface area (Å²) in [7, 11) is 0. The summed E-state index contributed by atoms with van der Waals surface area (Å²) in [6.07, 6.45) is 7.02. The molecule has 6 rings (SSSR count). The largest absolute Gasteiger partial charge is 0.454 e. The quantitative estimate of drug-likeness (QED) is 0.484. The highest BCUT2D eigenvalue weighted by Gasteiger charge is 2.11. The Morgan fingerprint density at radius 1 is 0.815 bits per heavy atom. The van der Waals surface area contributed by atoms with E-state index in [-0.39, 0.29) is 0 Å². The van der Waals surface area contributed by atoms with Gasteiger partial charge < -0.3 is 14.4 Å². The third-order valence-corrected chi connectivity index (χ3v) is 4.63. The topological polar surface area (TPSA) is 96.3 Å². The molecule has 128 valence electrons. The third kappa shape index (κ3) is 2.22. The van der Waals surface area contributed by atoms with E-state index in [1.165, 1.54) is 0 Å². The first-order chi connectivity index (χ1) is 13.3. The van der Waals surface area contributed by atoms with Crippen LogP contribution < -0.4 is 0 Å². The Morgan fingerprint density at radius 2 is 1.74 bits per heavy atom. The lowest BCUT2D eigenvalue weighted by molar-refractivity contribution is 0.631. The maximum atomic E-state index is 5.90. The summed E-state index contributed by atoms with van der Waals surface area (Å²) in [6, 6.07) is 11.8. The van der Waals surface area contributed by atoms with Gasteiger partial charge in [0.2, 0.25) is 0 Å². The number of pyridine rings is 3. The highest BCUT2D eigenvalue weighted by Crippen LogP contribution is 2.30. The molecule has 0 aliphatic rings. The van der Waals surface area contributed by atoms with Gasteiger partial charge in [-0.15, -0.1) is 0 Å². The second-order valence-corrected chi connectivity index (χ2v) is 6.33. The zero-order valence-electron chi connectivity index (χ0n) is 14.0. The lowest BCUT2D eigenvalue weighted by Crippen LogP contribution is -1.82. The van der Waals surface area contributed by atoms with Crippen molar-refractivity contribution >= 4 is 33.3 Å². The summed E-state index contributed by atoms with van der Waals surface area (Å²) in [5, 5.41) is 0. The number of aromatic nitrogens is 6. The van der Waals surface area contributed by atoms with Gasteiger partial charge in [0, 0.05) is 41.5 Å². The molecule has 6 aromatic heterocycles. The molecule has 7 nitrogen and oxygen atoms in total. The molecule has 0 aliphatic heterocycles. The van der Waals surface area contributed by atoms with Crippen LogP contribution in [-0.2, 0) is 0 Å². The summed E-state index contributed by atoms with van der Waals surface area (Å²) < 4.78 is 5.90. The summed E-state index contributed by atoms with van der Waals surface area (Å²) in [5.41, 5.74) is 7.83. The van der Waals surface area contributed by atoms with Crippen molar-refractivity contribution in [2.75, 3.05) is 0 Å². The van der Waals surface area contributed by atoms with Crippen LogP contribution >= 0.6 is 0 Å². The van der Waals surface area contributed by atoms with Gasteiger partial charge in [-0.3, -0.25) is 9.97 Å². The minimum Gasteiger partial charge on any atom is -0.454 e. The van der Waals surface area contributed by atoms with Gasteiger partial charge in [-0.1, -0.05) is 0 Å². The van der Waals surface area contributed by atoms with E-state index in [0.717, 1.165) is 50.2 Å². The van der Waals surface area contributed by atoms with Crippen LogP contribution in [0, 0.1) is 0 Å². The van der Waals surface area contributed by atoms with Gasteiger partial charge in [0.25, 0.3) is 0 Å². The van der Waals surface area contributed by atoms with E-state index in [1.807, 2.05) is 42.6 Å². The molecule has 0 bridgehead atoms. The summed E-state index contributed by atoms with van der Waals surface area (Å²) in [5.74, 6) is 0.745. The number of fused-ring (bicyclic) bond motifs is 3. The lowest BCUT2D eigenvalue weighted by Gasteiger charge is -1.97. The van der Waals surface area contributed by atoms with Gasteiger partial charge in [0.15, 0.2) is 11.2 Å². The second-order valence-electron chi connectivity index (χ2n) is 6.33. The molecule has 6 heterocycles. The average Bonchev–Trinajstić information content (AvgIpc) is 3.42. The van der Waals surface area contributed by atoms with Crippen molar-refractivity contribution in [3.05, 3.63) is 61.3 Å². The molecular formula is C20H12N6O. The van der Waals surface area contributed by atoms with Crippen molar-refractivity contribution in [3.63, 3.8) is 0 Å². The van der Waals surface area contributed by atoms with Crippen LogP contribution in [0.1, 0.15) is 0 Å². The Balaban J connectivity index is 1.46. The zero-order valence-corrected chi connectivity index (χ0v) is 14.0. The van der Waals surface area contributed by atoms with Crippen molar-refractivity contribution in [2.24, 2.45) is 0 Å². The number of imidazole rings is 1. The van der Waals surface area contributed by atoms with E-state index in [0.29, 0.717) is 5.65 Å². The van der Waals surface area contributed by atoms with Crippen LogP contribution in [0.5, 0.6) is 0 Å². The molecule has 0 spiro atoms. The molecule has 0 saturated carbocycles. The first-order valence-electron chi connectivity index (χ1n) is 8.47. The fourth-order valence-electron chi connectivity index (χ4n) is 3.29. The molecule has 0 atom stereocenters. The maximum absolute atomic E-state index is 5.90. The number of aromatic amines is 2. The molecule has 0 saturated heterocycles. The van der Waals surface area contributed by atoms with Crippen molar-refractivity contribution < 1.29 is 4.42 Å². The number of nitrogens with zero attached hydrogens (tertiary/aromatic N) is 4. The Labute approximate surface area is 152 Å². The van der Waals surface area contributed by atoms with Crippen molar-refractivity contribution in [2.45, 2.75) is 0 Å². The van der Waals surface area contributed by atoms with E-state index in [9.17, 15) is 0 Å². The van der Waals surface area contributed by atoms with E-state index >= 15 is 0 Å². The molecule has 0 amide bonds. The summed E-state index contributed by atoms with van der Waals surface area (Å²) in [6.45, 7) is 0. The first-order valence-corrected chi connectivity index (χ1v) is 8.47. The van der Waals surface area contributed by atoms with E-state index in [2.05, 4.69) is 29.9 Å². The first kappa shape index (κ1) is 14.2. The molecule has 0 radical (unpaired) electrons. The highest BCUT2D eigenvalue weighted by molar-refractivity contribution is 5.88. The fourth-order valence-corrected chi connectivity index (χ4v) is 3.29. The van der Waals surface area contributed by atoms with Gasteiger partial charge in [0.1, 0.15) is 11.3 Å². The van der Waals surface area contributed by atoms with Crippen LogP contribution in [0.2, 0.25) is 0 Å². The fraction of sp³-hybridized carbons (Fsp3) is 0. The second kappa shape index (κ2) is 5.25. The van der Waals surface area contributed by atoms with E-state index in [1.54, 1.807) is 18.7 Å². The van der Waals surface area contributed by atoms with Crippen molar-refractivity contribution in [1.82, 2.24) is 29.9 Å². The average molecular weight is 352 g/mol. The Hall–Kier alpha value is -4.00. The molecule has 0 aromatic carbocycles. The number of hydrogen-bond donors (Lipinski definition) is 2. The third-order valence-electron chi connectivity index (χ3n) is 4.63. The van der Waals surface area contributed by atoms with Gasteiger partial charge in [-0.05, 0) is 30.3 Å². The minimum absolute atomic E-state index is 0.703. The highest BCUT2D eigenvalue weighted by atomic mass is 16.3. The molecule has 0 unspecified atom stereocenters. The monoisotopic (exact) mass is 352 g/mol. The number of hydrogen-bond acceptors (Lipinski definition) is 5. The van der Waals surface area contributed by atoms with Gasteiger partial charge >= 0.3 is 0 Å². The van der Waals surface area contributed by atoms with E-state index in [4.69, 9.17) is 4.42 Å². The molecule has 27 heavy (non-hydrogen) atoms. The maximum Gasteiger partial charge on any atom is 0.177 e. The zero-order chi connectivity index (χ0) is 17.8. The predicted molar refractivity (Wildman–Crippen MR) is 102 cm³/mol. The van der Waals surface area contributed by atoms with Crippen LogP contribution in [-0.4, -0.2) is 29.9 Å². The van der Waals surface area contributed by atoms with Crippen LogP contribution in [0.4, 0.5) is 0 Å². The number of H-pyrrole nitrogens is 2. The number of rotatable bonds is 2. The summed E-state index contributed by atoms with van der Waals surface area (Å²) in [4.78, 5) is 23.9. The normalized spacial score (nSPS) is 11.7. The van der Waals surface area contributed by atoms with Gasteiger partial charge in [-0.25, -0.2) is 9.97 Å². The summed E-state index contributed by atoms with van der Waals surface area (Å²) >= 11 is 0. The van der Waals surface area contributed by atoms with Gasteiger partial charge in [-0.2, -0.15) is 0 Å².